The van der Waals surface area contributed by atoms with E-state index >= 15 is 0 Å². The Morgan fingerprint density at radius 3 is 2.59 bits per heavy atom. The van der Waals surface area contributed by atoms with E-state index < -0.39 is 0 Å². The second kappa shape index (κ2) is 10.3. The van der Waals surface area contributed by atoms with Crippen LogP contribution in [0.5, 0.6) is 0 Å². The standard InChI is InChI=1S/C25H30N4O2S/c1-17(2)21-10-9-18(3)15-22(21)31-23(30)16-32-25-28-27-24(19-11-13-26-14-12-19)29(25)20-7-5-4-6-8-20/h4-8,11-14,17-18,21-22H,9-10,15-16H2,1-3H3/t18-,21+,22-/m0/s1. The minimum atomic E-state index is -0.187. The number of carbonyl (C=O) groups excluding carboxylic acids is 1. The molecule has 1 fully saturated rings. The van der Waals surface area contributed by atoms with Gasteiger partial charge in [0.05, 0.1) is 5.75 Å². The summed E-state index contributed by atoms with van der Waals surface area (Å²) in [5, 5.41) is 9.47. The number of rotatable bonds is 7. The van der Waals surface area contributed by atoms with E-state index in [0.29, 0.717) is 22.9 Å². The van der Waals surface area contributed by atoms with E-state index in [2.05, 4.69) is 36.0 Å². The van der Waals surface area contributed by atoms with Crippen LogP contribution in [0.15, 0.2) is 60.0 Å². The van der Waals surface area contributed by atoms with Crippen molar-refractivity contribution in [2.24, 2.45) is 17.8 Å². The number of hydrogen-bond donors (Lipinski definition) is 0. The first-order valence-electron chi connectivity index (χ1n) is 11.3. The molecule has 0 amide bonds. The summed E-state index contributed by atoms with van der Waals surface area (Å²) in [5.41, 5.74) is 1.86. The van der Waals surface area contributed by atoms with Gasteiger partial charge in [0.15, 0.2) is 11.0 Å². The van der Waals surface area contributed by atoms with Gasteiger partial charge in [-0.3, -0.25) is 14.3 Å². The van der Waals surface area contributed by atoms with Crippen molar-refractivity contribution in [2.45, 2.75) is 51.3 Å². The van der Waals surface area contributed by atoms with Gasteiger partial charge < -0.3 is 4.74 Å². The van der Waals surface area contributed by atoms with Crippen molar-refractivity contribution in [3.05, 3.63) is 54.9 Å². The Balaban J connectivity index is 1.51. The van der Waals surface area contributed by atoms with E-state index in [1.54, 1.807) is 12.4 Å². The molecule has 0 unspecified atom stereocenters. The van der Waals surface area contributed by atoms with Crippen molar-refractivity contribution in [1.29, 1.82) is 0 Å². The lowest BCUT2D eigenvalue weighted by Crippen LogP contribution is -2.36. The molecule has 3 atom stereocenters. The predicted molar refractivity (Wildman–Crippen MR) is 127 cm³/mol. The molecule has 1 aliphatic rings. The molecule has 0 spiro atoms. The van der Waals surface area contributed by atoms with Gasteiger partial charge in [-0.2, -0.15) is 0 Å². The zero-order valence-electron chi connectivity index (χ0n) is 18.8. The Morgan fingerprint density at radius 2 is 1.88 bits per heavy atom. The van der Waals surface area contributed by atoms with Crippen LogP contribution in [-0.4, -0.2) is 37.6 Å². The van der Waals surface area contributed by atoms with Gasteiger partial charge in [0.25, 0.3) is 0 Å². The number of esters is 1. The van der Waals surface area contributed by atoms with Crippen LogP contribution < -0.4 is 0 Å². The first-order valence-corrected chi connectivity index (χ1v) is 12.2. The van der Waals surface area contributed by atoms with Crippen LogP contribution in [0.3, 0.4) is 0 Å². The lowest BCUT2D eigenvalue weighted by Gasteiger charge is -2.36. The quantitative estimate of drug-likeness (QED) is 0.353. The maximum atomic E-state index is 12.8. The molecule has 1 saturated carbocycles. The average molecular weight is 451 g/mol. The Kier molecular flexibility index (Phi) is 7.25. The van der Waals surface area contributed by atoms with Crippen molar-refractivity contribution < 1.29 is 9.53 Å². The lowest BCUT2D eigenvalue weighted by molar-refractivity contribution is -0.152. The third-order valence-electron chi connectivity index (χ3n) is 6.15. The average Bonchev–Trinajstić information content (AvgIpc) is 3.23. The van der Waals surface area contributed by atoms with Crippen molar-refractivity contribution in [2.75, 3.05) is 5.75 Å². The smallest absolute Gasteiger partial charge is 0.316 e. The van der Waals surface area contributed by atoms with Gasteiger partial charge in [0.1, 0.15) is 6.10 Å². The van der Waals surface area contributed by atoms with Gasteiger partial charge in [-0.05, 0) is 54.9 Å². The van der Waals surface area contributed by atoms with E-state index in [4.69, 9.17) is 4.74 Å². The zero-order valence-corrected chi connectivity index (χ0v) is 19.7. The van der Waals surface area contributed by atoms with Crippen LogP contribution in [-0.2, 0) is 9.53 Å². The van der Waals surface area contributed by atoms with Gasteiger partial charge in [0, 0.05) is 23.6 Å². The third kappa shape index (κ3) is 5.21. The molecule has 2 heterocycles. The Morgan fingerprint density at radius 1 is 1.12 bits per heavy atom. The van der Waals surface area contributed by atoms with Crippen molar-refractivity contribution >= 4 is 17.7 Å². The summed E-state index contributed by atoms with van der Waals surface area (Å²) in [6.45, 7) is 6.69. The number of thioether (sulfide) groups is 1. The van der Waals surface area contributed by atoms with E-state index in [-0.39, 0.29) is 17.8 Å². The Bertz CT molecular complexity index is 1020. The van der Waals surface area contributed by atoms with E-state index in [9.17, 15) is 4.79 Å². The molecule has 1 aromatic carbocycles. The molecular formula is C25H30N4O2S. The monoisotopic (exact) mass is 450 g/mol. The van der Waals surface area contributed by atoms with Crippen LogP contribution in [0, 0.1) is 17.8 Å². The number of pyridine rings is 1. The molecule has 1 aliphatic carbocycles. The number of hydrogen-bond acceptors (Lipinski definition) is 6. The summed E-state index contributed by atoms with van der Waals surface area (Å²) in [6.07, 6.45) is 6.77. The summed E-state index contributed by atoms with van der Waals surface area (Å²) in [4.78, 5) is 16.9. The van der Waals surface area contributed by atoms with Crippen LogP contribution in [0.2, 0.25) is 0 Å². The molecule has 0 saturated heterocycles. The van der Waals surface area contributed by atoms with Gasteiger partial charge in [-0.15, -0.1) is 10.2 Å². The molecule has 4 rings (SSSR count). The topological polar surface area (TPSA) is 69.9 Å². The molecule has 0 bridgehead atoms. The SMILES string of the molecule is CC(C)[C@H]1CC[C@H](C)C[C@@H]1OC(=O)CSc1nnc(-c2ccncc2)n1-c1ccccc1. The number of ether oxygens (including phenoxy) is 1. The second-order valence-electron chi connectivity index (χ2n) is 8.86. The number of carbonyl (C=O) groups is 1. The maximum Gasteiger partial charge on any atom is 0.316 e. The van der Waals surface area contributed by atoms with Crippen LogP contribution in [0.4, 0.5) is 0 Å². The van der Waals surface area contributed by atoms with E-state index in [0.717, 1.165) is 29.9 Å². The summed E-state index contributed by atoms with van der Waals surface area (Å²) in [6, 6.07) is 13.8. The molecule has 0 radical (unpaired) electrons. The molecule has 0 aliphatic heterocycles. The largest absolute Gasteiger partial charge is 0.461 e. The molecular weight excluding hydrogens is 420 g/mol. The molecule has 168 valence electrons. The predicted octanol–water partition coefficient (Wildman–Crippen LogP) is 5.43. The molecule has 6 nitrogen and oxygen atoms in total. The minimum Gasteiger partial charge on any atom is -0.461 e. The summed E-state index contributed by atoms with van der Waals surface area (Å²) >= 11 is 1.36. The third-order valence-corrected chi connectivity index (χ3v) is 7.05. The fraction of sp³-hybridized carbons (Fsp3) is 0.440. The zero-order chi connectivity index (χ0) is 22.5. The highest BCUT2D eigenvalue weighted by molar-refractivity contribution is 7.99. The first kappa shape index (κ1) is 22.5. The Labute approximate surface area is 193 Å². The highest BCUT2D eigenvalue weighted by Gasteiger charge is 2.33. The van der Waals surface area contributed by atoms with E-state index in [1.807, 2.05) is 47.0 Å². The summed E-state index contributed by atoms with van der Waals surface area (Å²) < 4.78 is 7.95. The van der Waals surface area contributed by atoms with E-state index in [1.165, 1.54) is 18.2 Å². The summed E-state index contributed by atoms with van der Waals surface area (Å²) in [7, 11) is 0. The first-order chi connectivity index (χ1) is 15.5. The normalized spacial score (nSPS) is 20.9. The highest BCUT2D eigenvalue weighted by Crippen LogP contribution is 2.36. The lowest BCUT2D eigenvalue weighted by atomic mass is 9.75. The fourth-order valence-electron chi connectivity index (χ4n) is 4.44. The molecule has 0 N–H and O–H groups in total. The van der Waals surface area contributed by atoms with Gasteiger partial charge in [-0.25, -0.2) is 0 Å². The number of nitrogens with zero attached hydrogens (tertiary/aromatic N) is 4. The molecule has 2 aromatic heterocycles. The molecule has 3 aromatic rings. The highest BCUT2D eigenvalue weighted by atomic mass is 32.2. The van der Waals surface area contributed by atoms with Crippen LogP contribution >= 0.6 is 11.8 Å². The maximum absolute atomic E-state index is 12.8. The number of benzene rings is 1. The van der Waals surface area contributed by atoms with Crippen LogP contribution in [0.25, 0.3) is 17.1 Å². The van der Waals surface area contributed by atoms with Gasteiger partial charge in [0.2, 0.25) is 0 Å². The van der Waals surface area contributed by atoms with Crippen molar-refractivity contribution in [1.82, 2.24) is 19.7 Å². The van der Waals surface area contributed by atoms with Crippen molar-refractivity contribution in [3.8, 4) is 17.1 Å². The van der Waals surface area contributed by atoms with Gasteiger partial charge >= 0.3 is 5.97 Å². The van der Waals surface area contributed by atoms with Crippen molar-refractivity contribution in [3.63, 3.8) is 0 Å². The molecule has 7 heteroatoms. The van der Waals surface area contributed by atoms with Crippen LogP contribution in [0.1, 0.15) is 40.0 Å². The molecule has 32 heavy (non-hydrogen) atoms. The summed E-state index contributed by atoms with van der Waals surface area (Å²) in [5.74, 6) is 2.28. The second-order valence-corrected chi connectivity index (χ2v) is 9.80. The number of para-hydroxylation sites is 1. The minimum absolute atomic E-state index is 0.00576. The number of aromatic nitrogens is 4. The fourth-order valence-corrected chi connectivity index (χ4v) is 5.17. The Hall–Kier alpha value is -2.67. The van der Waals surface area contributed by atoms with Gasteiger partial charge in [-0.1, -0.05) is 57.2 Å².